The maximum Gasteiger partial charge on any atom is 0.0741 e. The van der Waals surface area contributed by atoms with Crippen LogP contribution in [0.25, 0.3) is 0 Å². The fraction of sp³-hybridized carbons (Fsp3) is 1.00. The fourth-order valence-electron chi connectivity index (χ4n) is 1.83. The molecular weight excluding hydrogens is 178 g/mol. The van der Waals surface area contributed by atoms with E-state index in [4.69, 9.17) is 0 Å². The van der Waals surface area contributed by atoms with Gasteiger partial charge in [0, 0.05) is 6.04 Å². The molecule has 1 rings (SSSR count). The summed E-state index contributed by atoms with van der Waals surface area (Å²) < 4.78 is 0. The van der Waals surface area contributed by atoms with Crippen molar-refractivity contribution in [1.82, 2.24) is 5.32 Å². The van der Waals surface area contributed by atoms with Crippen molar-refractivity contribution in [3.63, 3.8) is 0 Å². The van der Waals surface area contributed by atoms with Gasteiger partial charge in [-0.05, 0) is 52.5 Å². The minimum Gasteiger partial charge on any atom is -0.393 e. The lowest BCUT2D eigenvalue weighted by Crippen LogP contribution is -2.45. The molecule has 0 aromatic carbocycles. The highest BCUT2D eigenvalue weighted by Gasteiger charge is 2.26. The second kappa shape index (κ2) is 4.60. The molecule has 3 atom stereocenters. The third kappa shape index (κ3) is 3.56. The third-order valence-electron chi connectivity index (χ3n) is 3.29. The van der Waals surface area contributed by atoms with Crippen LogP contribution < -0.4 is 5.32 Å². The first-order valence-corrected chi connectivity index (χ1v) is 5.53. The van der Waals surface area contributed by atoms with Crippen LogP contribution in [0.2, 0.25) is 0 Å². The molecule has 0 aromatic rings. The molecular formula is C11H23NO2. The van der Waals surface area contributed by atoms with Gasteiger partial charge in [0.05, 0.1) is 11.7 Å². The maximum absolute atomic E-state index is 9.70. The molecule has 1 fully saturated rings. The second-order valence-corrected chi connectivity index (χ2v) is 5.12. The molecule has 0 aromatic heterocycles. The van der Waals surface area contributed by atoms with E-state index < -0.39 is 5.60 Å². The highest BCUT2D eigenvalue weighted by molar-refractivity contribution is 4.82. The lowest BCUT2D eigenvalue weighted by molar-refractivity contribution is 0.0428. The summed E-state index contributed by atoms with van der Waals surface area (Å²) in [6.07, 6.45) is 2.85. The van der Waals surface area contributed by atoms with E-state index in [-0.39, 0.29) is 12.1 Å². The molecule has 84 valence electrons. The van der Waals surface area contributed by atoms with Gasteiger partial charge in [-0.15, -0.1) is 0 Å². The molecule has 0 amide bonds. The van der Waals surface area contributed by atoms with Crippen molar-refractivity contribution in [3.05, 3.63) is 0 Å². The SMILES string of the molecule is CC(NCC1CCC(O)C1)C(C)(C)O. The first kappa shape index (κ1) is 12.0. The Morgan fingerprint density at radius 1 is 1.43 bits per heavy atom. The van der Waals surface area contributed by atoms with E-state index in [1.54, 1.807) is 0 Å². The first-order valence-electron chi connectivity index (χ1n) is 5.53. The number of aliphatic hydroxyl groups is 2. The minimum atomic E-state index is -0.669. The van der Waals surface area contributed by atoms with Crippen LogP contribution in [0.5, 0.6) is 0 Å². The Hall–Kier alpha value is -0.120. The van der Waals surface area contributed by atoms with Gasteiger partial charge in [0.25, 0.3) is 0 Å². The molecule has 0 heterocycles. The predicted octanol–water partition coefficient (Wildman–Crippen LogP) is 0.896. The van der Waals surface area contributed by atoms with E-state index in [1.807, 2.05) is 20.8 Å². The van der Waals surface area contributed by atoms with Crippen LogP contribution in [0, 0.1) is 5.92 Å². The molecule has 3 nitrogen and oxygen atoms in total. The molecule has 1 aliphatic rings. The highest BCUT2D eigenvalue weighted by atomic mass is 16.3. The summed E-state index contributed by atoms with van der Waals surface area (Å²) in [5.74, 6) is 0.579. The van der Waals surface area contributed by atoms with Crippen LogP contribution in [-0.2, 0) is 0 Å². The van der Waals surface area contributed by atoms with Crippen molar-refractivity contribution in [1.29, 1.82) is 0 Å². The van der Waals surface area contributed by atoms with Crippen molar-refractivity contribution in [2.75, 3.05) is 6.54 Å². The summed E-state index contributed by atoms with van der Waals surface area (Å²) in [6.45, 7) is 6.52. The minimum absolute atomic E-state index is 0.0974. The summed E-state index contributed by atoms with van der Waals surface area (Å²) >= 11 is 0. The Bertz CT molecular complexity index is 177. The van der Waals surface area contributed by atoms with Gasteiger partial charge >= 0.3 is 0 Å². The van der Waals surface area contributed by atoms with Crippen molar-refractivity contribution >= 4 is 0 Å². The molecule has 0 saturated heterocycles. The molecule has 1 saturated carbocycles. The summed E-state index contributed by atoms with van der Waals surface area (Å²) in [4.78, 5) is 0. The number of hydrogen-bond acceptors (Lipinski definition) is 3. The van der Waals surface area contributed by atoms with Crippen molar-refractivity contribution < 1.29 is 10.2 Å². The molecule has 3 heteroatoms. The number of hydrogen-bond donors (Lipinski definition) is 3. The molecule has 0 aliphatic heterocycles. The smallest absolute Gasteiger partial charge is 0.0741 e. The summed E-state index contributed by atoms with van der Waals surface area (Å²) in [6, 6.07) is 0.0974. The van der Waals surface area contributed by atoms with Gasteiger partial charge in [-0.2, -0.15) is 0 Å². The third-order valence-corrected chi connectivity index (χ3v) is 3.29. The zero-order valence-electron chi connectivity index (χ0n) is 9.45. The quantitative estimate of drug-likeness (QED) is 0.633. The monoisotopic (exact) mass is 201 g/mol. The van der Waals surface area contributed by atoms with Crippen molar-refractivity contribution in [2.24, 2.45) is 5.92 Å². The van der Waals surface area contributed by atoms with Gasteiger partial charge < -0.3 is 15.5 Å². The molecule has 0 radical (unpaired) electrons. The predicted molar refractivity (Wildman–Crippen MR) is 57.1 cm³/mol. The van der Waals surface area contributed by atoms with Crippen molar-refractivity contribution in [3.8, 4) is 0 Å². The van der Waals surface area contributed by atoms with Crippen molar-refractivity contribution in [2.45, 2.75) is 57.8 Å². The Morgan fingerprint density at radius 3 is 2.50 bits per heavy atom. The molecule has 3 unspecified atom stereocenters. The molecule has 0 spiro atoms. The average Bonchev–Trinajstić information content (AvgIpc) is 2.45. The van der Waals surface area contributed by atoms with Gasteiger partial charge in [-0.25, -0.2) is 0 Å². The normalized spacial score (nSPS) is 30.6. The standard InChI is InChI=1S/C11H23NO2/c1-8(11(2,3)14)12-7-9-4-5-10(13)6-9/h8-10,12-14H,4-7H2,1-3H3. The zero-order chi connectivity index (χ0) is 10.8. The van der Waals surface area contributed by atoms with Crippen LogP contribution in [0.3, 0.4) is 0 Å². The average molecular weight is 201 g/mol. The number of nitrogens with one attached hydrogen (secondary N) is 1. The van der Waals surface area contributed by atoms with E-state index in [0.29, 0.717) is 5.92 Å². The van der Waals surface area contributed by atoms with E-state index in [0.717, 1.165) is 25.8 Å². The molecule has 1 aliphatic carbocycles. The number of rotatable bonds is 4. The summed E-state index contributed by atoms with van der Waals surface area (Å²) in [7, 11) is 0. The zero-order valence-corrected chi connectivity index (χ0v) is 9.45. The Labute approximate surface area is 86.5 Å². The van der Waals surface area contributed by atoms with E-state index >= 15 is 0 Å². The lowest BCUT2D eigenvalue weighted by Gasteiger charge is -2.28. The largest absolute Gasteiger partial charge is 0.393 e. The topological polar surface area (TPSA) is 52.5 Å². The highest BCUT2D eigenvalue weighted by Crippen LogP contribution is 2.24. The van der Waals surface area contributed by atoms with Crippen LogP contribution in [-0.4, -0.2) is 34.5 Å². The van der Waals surface area contributed by atoms with E-state index in [1.165, 1.54) is 0 Å². The maximum atomic E-state index is 9.70. The van der Waals surface area contributed by atoms with Gasteiger partial charge in [-0.3, -0.25) is 0 Å². The molecule has 14 heavy (non-hydrogen) atoms. The Morgan fingerprint density at radius 2 is 2.07 bits per heavy atom. The van der Waals surface area contributed by atoms with Crippen LogP contribution in [0.15, 0.2) is 0 Å². The van der Waals surface area contributed by atoms with Crippen LogP contribution >= 0.6 is 0 Å². The number of aliphatic hydroxyl groups excluding tert-OH is 1. The summed E-state index contributed by atoms with van der Waals surface area (Å²) in [5, 5.41) is 22.4. The Balaban J connectivity index is 2.21. The van der Waals surface area contributed by atoms with Crippen LogP contribution in [0.1, 0.15) is 40.0 Å². The molecule has 3 N–H and O–H groups in total. The molecule has 0 bridgehead atoms. The van der Waals surface area contributed by atoms with Gasteiger partial charge in [-0.1, -0.05) is 0 Å². The van der Waals surface area contributed by atoms with E-state index in [2.05, 4.69) is 5.32 Å². The summed E-state index contributed by atoms with van der Waals surface area (Å²) in [5.41, 5.74) is -0.669. The second-order valence-electron chi connectivity index (χ2n) is 5.12. The fourth-order valence-corrected chi connectivity index (χ4v) is 1.83. The van der Waals surface area contributed by atoms with Gasteiger partial charge in [0.1, 0.15) is 0 Å². The van der Waals surface area contributed by atoms with Crippen LogP contribution in [0.4, 0.5) is 0 Å². The lowest BCUT2D eigenvalue weighted by atomic mass is 9.99. The van der Waals surface area contributed by atoms with Gasteiger partial charge in [0.2, 0.25) is 0 Å². The Kier molecular flexibility index (Phi) is 3.93. The van der Waals surface area contributed by atoms with Gasteiger partial charge in [0.15, 0.2) is 0 Å². The first-order chi connectivity index (χ1) is 6.39. The van der Waals surface area contributed by atoms with E-state index in [9.17, 15) is 10.2 Å².